The van der Waals surface area contributed by atoms with Crippen molar-refractivity contribution in [2.75, 3.05) is 6.54 Å². The molecule has 25 heavy (non-hydrogen) atoms. The van der Waals surface area contributed by atoms with Gasteiger partial charge in [0, 0.05) is 32.5 Å². The quantitative estimate of drug-likeness (QED) is 0.919. The molecule has 7 heteroatoms. The maximum atomic E-state index is 12.6. The summed E-state index contributed by atoms with van der Waals surface area (Å²) in [6.45, 7) is 3.74. The Morgan fingerprint density at radius 3 is 2.60 bits per heavy atom. The Bertz CT molecular complexity index is 797. The Hall–Kier alpha value is -2.15. The van der Waals surface area contributed by atoms with E-state index >= 15 is 0 Å². The number of H-pyrrole nitrogens is 1. The van der Waals surface area contributed by atoms with E-state index in [0.29, 0.717) is 25.1 Å². The SMILES string of the molecule is CCCc1nc2c(c(=O)[nH]1)CN(Cc1ccc(C(F)(F)F)cc1)CC2. The summed E-state index contributed by atoms with van der Waals surface area (Å²) in [7, 11) is 0. The fourth-order valence-electron chi connectivity index (χ4n) is 3.08. The van der Waals surface area contributed by atoms with Crippen LogP contribution in [-0.2, 0) is 32.1 Å². The van der Waals surface area contributed by atoms with Crippen LogP contribution in [0.5, 0.6) is 0 Å². The molecule has 0 saturated heterocycles. The number of benzene rings is 1. The maximum Gasteiger partial charge on any atom is 0.416 e. The molecule has 0 radical (unpaired) electrons. The zero-order valence-electron chi connectivity index (χ0n) is 14.0. The first-order valence-corrected chi connectivity index (χ1v) is 8.36. The lowest BCUT2D eigenvalue weighted by atomic mass is 10.0. The molecule has 4 nitrogen and oxygen atoms in total. The van der Waals surface area contributed by atoms with Gasteiger partial charge in [-0.3, -0.25) is 9.69 Å². The average molecular weight is 351 g/mol. The molecule has 2 heterocycles. The van der Waals surface area contributed by atoms with Crippen molar-refractivity contribution in [2.45, 2.75) is 45.5 Å². The van der Waals surface area contributed by atoms with Crippen LogP contribution in [0.25, 0.3) is 0 Å². The standard InChI is InChI=1S/C18H20F3N3O/c1-2-3-16-22-15-8-9-24(11-14(15)17(25)23-16)10-12-4-6-13(7-5-12)18(19,20)21/h4-7H,2-3,8-11H2,1H3,(H,22,23,25). The van der Waals surface area contributed by atoms with Gasteiger partial charge in [-0.15, -0.1) is 0 Å². The van der Waals surface area contributed by atoms with Gasteiger partial charge in [-0.05, 0) is 24.1 Å². The molecule has 2 aromatic rings. The number of fused-ring (bicyclic) bond motifs is 1. The lowest BCUT2D eigenvalue weighted by Crippen LogP contribution is -2.35. The van der Waals surface area contributed by atoms with Gasteiger partial charge in [0.25, 0.3) is 5.56 Å². The number of aromatic nitrogens is 2. The van der Waals surface area contributed by atoms with Crippen LogP contribution in [0.4, 0.5) is 13.2 Å². The van der Waals surface area contributed by atoms with Gasteiger partial charge in [-0.25, -0.2) is 4.98 Å². The van der Waals surface area contributed by atoms with Gasteiger partial charge in [-0.2, -0.15) is 13.2 Å². The second-order valence-electron chi connectivity index (χ2n) is 6.34. The minimum atomic E-state index is -4.32. The summed E-state index contributed by atoms with van der Waals surface area (Å²) in [6, 6.07) is 5.17. The molecule has 0 saturated carbocycles. The first kappa shape index (κ1) is 17.7. The van der Waals surface area contributed by atoms with Gasteiger partial charge < -0.3 is 4.98 Å². The first-order valence-electron chi connectivity index (χ1n) is 8.36. The van der Waals surface area contributed by atoms with Gasteiger partial charge in [-0.1, -0.05) is 19.1 Å². The smallest absolute Gasteiger partial charge is 0.310 e. The fourth-order valence-corrected chi connectivity index (χ4v) is 3.08. The molecule has 0 spiro atoms. The normalized spacial score (nSPS) is 15.2. The molecule has 3 rings (SSSR count). The monoisotopic (exact) mass is 351 g/mol. The molecule has 1 N–H and O–H groups in total. The zero-order valence-corrected chi connectivity index (χ0v) is 14.0. The lowest BCUT2D eigenvalue weighted by Gasteiger charge is -2.27. The third-order valence-electron chi connectivity index (χ3n) is 4.37. The number of aryl methyl sites for hydroxylation is 1. The molecule has 1 aliphatic heterocycles. The molecule has 0 unspecified atom stereocenters. The van der Waals surface area contributed by atoms with E-state index in [2.05, 4.69) is 14.9 Å². The predicted molar refractivity (Wildman–Crippen MR) is 88.1 cm³/mol. The molecule has 0 atom stereocenters. The van der Waals surface area contributed by atoms with Crippen LogP contribution >= 0.6 is 0 Å². The summed E-state index contributed by atoms with van der Waals surface area (Å²) >= 11 is 0. The number of nitrogens with one attached hydrogen (secondary N) is 1. The largest absolute Gasteiger partial charge is 0.416 e. The average Bonchev–Trinajstić information content (AvgIpc) is 2.55. The number of hydrogen-bond donors (Lipinski definition) is 1. The Morgan fingerprint density at radius 1 is 1.24 bits per heavy atom. The van der Waals surface area contributed by atoms with E-state index in [1.54, 1.807) is 0 Å². The van der Waals surface area contributed by atoms with Gasteiger partial charge in [0.2, 0.25) is 0 Å². The van der Waals surface area contributed by atoms with Crippen molar-refractivity contribution in [2.24, 2.45) is 0 Å². The fraction of sp³-hybridized carbons (Fsp3) is 0.444. The molecule has 134 valence electrons. The van der Waals surface area contributed by atoms with E-state index in [9.17, 15) is 18.0 Å². The summed E-state index contributed by atoms with van der Waals surface area (Å²) in [5.41, 5.74) is 1.55. The van der Waals surface area contributed by atoms with Crippen molar-refractivity contribution in [1.29, 1.82) is 0 Å². The summed E-state index contributed by atoms with van der Waals surface area (Å²) in [5.74, 6) is 0.724. The third-order valence-corrected chi connectivity index (χ3v) is 4.37. The summed E-state index contributed by atoms with van der Waals surface area (Å²) in [4.78, 5) is 21.7. The molecule has 1 aromatic heterocycles. The van der Waals surface area contributed by atoms with Crippen LogP contribution in [0, 0.1) is 0 Å². The third kappa shape index (κ3) is 4.10. The van der Waals surface area contributed by atoms with Crippen LogP contribution in [0.15, 0.2) is 29.1 Å². The van der Waals surface area contributed by atoms with E-state index in [0.717, 1.165) is 48.6 Å². The van der Waals surface area contributed by atoms with Crippen LogP contribution in [0.3, 0.4) is 0 Å². The minimum absolute atomic E-state index is 0.106. The van der Waals surface area contributed by atoms with Crippen LogP contribution < -0.4 is 5.56 Å². The van der Waals surface area contributed by atoms with Gasteiger partial charge in [0.05, 0.1) is 16.8 Å². The summed E-state index contributed by atoms with van der Waals surface area (Å²) < 4.78 is 37.9. The van der Waals surface area contributed by atoms with Crippen molar-refractivity contribution in [3.63, 3.8) is 0 Å². The second kappa shape index (κ2) is 7.00. The zero-order chi connectivity index (χ0) is 18.0. The molecular formula is C18H20F3N3O. The topological polar surface area (TPSA) is 49.0 Å². The van der Waals surface area contributed by atoms with Crippen LogP contribution in [-0.4, -0.2) is 21.4 Å². The highest BCUT2D eigenvalue weighted by Crippen LogP contribution is 2.29. The van der Waals surface area contributed by atoms with Crippen LogP contribution in [0.2, 0.25) is 0 Å². The maximum absolute atomic E-state index is 12.6. The predicted octanol–water partition coefficient (Wildman–Crippen LogP) is 3.30. The lowest BCUT2D eigenvalue weighted by molar-refractivity contribution is -0.137. The molecule has 0 amide bonds. The van der Waals surface area contributed by atoms with Crippen LogP contribution in [0.1, 0.15) is 41.6 Å². The Labute approximate surface area is 143 Å². The van der Waals surface area contributed by atoms with E-state index < -0.39 is 11.7 Å². The Morgan fingerprint density at radius 2 is 1.96 bits per heavy atom. The number of hydrogen-bond acceptors (Lipinski definition) is 3. The molecule has 1 aromatic carbocycles. The number of aromatic amines is 1. The first-order chi connectivity index (χ1) is 11.9. The second-order valence-corrected chi connectivity index (χ2v) is 6.34. The molecule has 0 fully saturated rings. The van der Waals surface area contributed by atoms with Crippen molar-refractivity contribution in [3.8, 4) is 0 Å². The van der Waals surface area contributed by atoms with E-state index in [4.69, 9.17) is 0 Å². The molecule has 0 bridgehead atoms. The highest BCUT2D eigenvalue weighted by molar-refractivity contribution is 5.26. The number of rotatable bonds is 4. The molecule has 1 aliphatic rings. The highest BCUT2D eigenvalue weighted by atomic mass is 19.4. The Balaban J connectivity index is 1.72. The van der Waals surface area contributed by atoms with Crippen molar-refractivity contribution in [3.05, 3.63) is 62.8 Å². The number of alkyl halides is 3. The van der Waals surface area contributed by atoms with E-state index in [1.807, 2.05) is 6.92 Å². The minimum Gasteiger partial charge on any atom is -0.310 e. The summed E-state index contributed by atoms with van der Waals surface area (Å²) in [5, 5.41) is 0. The van der Waals surface area contributed by atoms with E-state index in [-0.39, 0.29) is 5.56 Å². The molecule has 0 aliphatic carbocycles. The highest BCUT2D eigenvalue weighted by Gasteiger charge is 2.30. The number of halogens is 3. The van der Waals surface area contributed by atoms with E-state index in [1.165, 1.54) is 12.1 Å². The summed E-state index contributed by atoms with van der Waals surface area (Å²) in [6.07, 6.45) is -1.98. The number of nitrogens with zero attached hydrogens (tertiary/aromatic N) is 2. The van der Waals surface area contributed by atoms with Crippen molar-refractivity contribution >= 4 is 0 Å². The Kier molecular flexibility index (Phi) is 4.94. The van der Waals surface area contributed by atoms with Gasteiger partial charge >= 0.3 is 6.18 Å². The molecular weight excluding hydrogens is 331 g/mol. The van der Waals surface area contributed by atoms with Gasteiger partial charge in [0.15, 0.2) is 0 Å². The van der Waals surface area contributed by atoms with Crippen molar-refractivity contribution in [1.82, 2.24) is 14.9 Å². The van der Waals surface area contributed by atoms with Gasteiger partial charge in [0.1, 0.15) is 5.82 Å². The van der Waals surface area contributed by atoms with Crippen molar-refractivity contribution < 1.29 is 13.2 Å².